The van der Waals surface area contributed by atoms with Crippen LogP contribution in [0.5, 0.6) is 0 Å². The molecule has 1 aromatic carbocycles. The molecule has 0 unspecified atom stereocenters. The van der Waals surface area contributed by atoms with E-state index in [-0.39, 0.29) is 19.4 Å². The topological polar surface area (TPSA) is 94.6 Å². The van der Waals surface area contributed by atoms with Crippen LogP contribution in [0.25, 0.3) is 0 Å². The second-order valence-electron chi connectivity index (χ2n) is 6.59. The quantitative estimate of drug-likeness (QED) is 0.715. The number of aryl methyl sites for hydroxylation is 2. The number of aromatic nitrogens is 1. The lowest BCUT2D eigenvalue weighted by molar-refractivity contribution is -0.146. The fourth-order valence-corrected chi connectivity index (χ4v) is 3.81. The number of amides is 1. The first-order valence-corrected chi connectivity index (χ1v) is 9.99. The molecule has 0 radical (unpaired) electrons. The number of nitrogens with zero attached hydrogens (tertiary/aromatic N) is 1. The van der Waals surface area contributed by atoms with E-state index in [9.17, 15) is 14.4 Å². The number of methoxy groups -OCH3 is 1. The van der Waals surface area contributed by atoms with Gasteiger partial charge >= 0.3 is 11.9 Å². The number of esters is 2. The van der Waals surface area contributed by atoms with Crippen molar-refractivity contribution in [3.8, 4) is 0 Å². The van der Waals surface area contributed by atoms with Gasteiger partial charge in [0.25, 0.3) is 5.91 Å². The van der Waals surface area contributed by atoms with E-state index < -0.39 is 17.8 Å². The largest absolute Gasteiger partial charge is 0.469 e. The van der Waals surface area contributed by atoms with E-state index in [1.165, 1.54) is 42.4 Å². The normalized spacial score (nSPS) is 12.8. The Morgan fingerprint density at radius 2 is 1.89 bits per heavy atom. The number of fused-ring (bicyclic) bond motifs is 1. The zero-order valence-corrected chi connectivity index (χ0v) is 16.5. The Hall–Kier alpha value is -2.74. The molecule has 1 amide bonds. The third-order valence-electron chi connectivity index (χ3n) is 4.48. The van der Waals surface area contributed by atoms with E-state index in [0.29, 0.717) is 10.8 Å². The minimum Gasteiger partial charge on any atom is -0.469 e. The summed E-state index contributed by atoms with van der Waals surface area (Å²) in [7, 11) is 1.30. The van der Waals surface area contributed by atoms with Crippen molar-refractivity contribution in [1.82, 2.24) is 4.98 Å². The molecule has 1 N–H and O–H groups in total. The summed E-state index contributed by atoms with van der Waals surface area (Å²) in [6, 6.07) is 6.09. The minimum absolute atomic E-state index is 0.0403. The zero-order chi connectivity index (χ0) is 19.9. The molecular weight excluding hydrogens is 380 g/mol. The van der Waals surface area contributed by atoms with Crippen LogP contribution < -0.4 is 5.32 Å². The first-order valence-electron chi connectivity index (χ1n) is 9.11. The molecule has 0 aliphatic heterocycles. The number of carbonyl (C=O) groups excluding carboxylic acids is 3. The molecule has 1 aromatic heterocycles. The van der Waals surface area contributed by atoms with Crippen LogP contribution >= 0.6 is 11.3 Å². The van der Waals surface area contributed by atoms with Crippen LogP contribution in [0.3, 0.4) is 0 Å². The highest BCUT2D eigenvalue weighted by atomic mass is 32.1. The van der Waals surface area contributed by atoms with E-state index in [1.54, 1.807) is 5.38 Å². The van der Waals surface area contributed by atoms with Gasteiger partial charge in [0.05, 0.1) is 25.6 Å². The third kappa shape index (κ3) is 5.63. The van der Waals surface area contributed by atoms with Gasteiger partial charge < -0.3 is 9.47 Å². The highest BCUT2D eigenvalue weighted by Crippen LogP contribution is 2.22. The number of hydrogen-bond acceptors (Lipinski definition) is 7. The van der Waals surface area contributed by atoms with Gasteiger partial charge in [0, 0.05) is 5.38 Å². The van der Waals surface area contributed by atoms with Gasteiger partial charge in [0.15, 0.2) is 11.7 Å². The third-order valence-corrected chi connectivity index (χ3v) is 5.28. The van der Waals surface area contributed by atoms with Crippen molar-refractivity contribution in [2.75, 3.05) is 19.0 Å². The molecule has 148 valence electrons. The zero-order valence-electron chi connectivity index (χ0n) is 15.7. The molecule has 0 saturated heterocycles. The summed E-state index contributed by atoms with van der Waals surface area (Å²) >= 11 is 1.19. The number of anilines is 1. The van der Waals surface area contributed by atoms with Gasteiger partial charge in [-0.25, -0.2) is 4.98 Å². The van der Waals surface area contributed by atoms with Gasteiger partial charge in [0.2, 0.25) is 0 Å². The molecule has 28 heavy (non-hydrogen) atoms. The van der Waals surface area contributed by atoms with E-state index >= 15 is 0 Å². The Balaban J connectivity index is 1.44. The number of carbonyl (C=O) groups is 3. The lowest BCUT2D eigenvalue weighted by Crippen LogP contribution is -2.21. The molecule has 1 heterocycles. The van der Waals surface area contributed by atoms with E-state index in [1.807, 2.05) is 6.07 Å². The highest BCUT2D eigenvalue weighted by Gasteiger charge is 2.14. The van der Waals surface area contributed by atoms with Crippen LogP contribution in [0.15, 0.2) is 23.6 Å². The fraction of sp³-hybridized carbons (Fsp3) is 0.400. The maximum Gasteiger partial charge on any atom is 0.311 e. The van der Waals surface area contributed by atoms with Gasteiger partial charge in [-0.05, 0) is 42.4 Å². The second kappa shape index (κ2) is 9.45. The monoisotopic (exact) mass is 402 g/mol. The van der Waals surface area contributed by atoms with Gasteiger partial charge in [-0.2, -0.15) is 0 Å². The Bertz CT molecular complexity index is 877. The van der Waals surface area contributed by atoms with Crippen molar-refractivity contribution in [2.24, 2.45) is 0 Å². The molecule has 7 nitrogen and oxygen atoms in total. The standard InChI is InChI=1S/C20H22N2O5S/c1-26-18(24)10-16-12-28-20(21-16)22-17(23)11-27-19(25)9-13-6-7-14-4-2-3-5-15(14)8-13/h6-8,12H,2-5,9-11H2,1H3,(H,21,22,23). The van der Waals surface area contributed by atoms with Crippen molar-refractivity contribution in [1.29, 1.82) is 0 Å². The summed E-state index contributed by atoms with van der Waals surface area (Å²) < 4.78 is 9.63. The summed E-state index contributed by atoms with van der Waals surface area (Å²) in [6.07, 6.45) is 4.72. The van der Waals surface area contributed by atoms with Crippen LogP contribution in [0.2, 0.25) is 0 Å². The fourth-order valence-electron chi connectivity index (χ4n) is 3.08. The predicted octanol–water partition coefficient (Wildman–Crippen LogP) is 2.46. The van der Waals surface area contributed by atoms with Crippen molar-refractivity contribution in [3.05, 3.63) is 46.0 Å². The second-order valence-corrected chi connectivity index (χ2v) is 7.45. The minimum atomic E-state index is -0.474. The first kappa shape index (κ1) is 20.0. The van der Waals surface area contributed by atoms with Crippen molar-refractivity contribution >= 4 is 34.3 Å². The van der Waals surface area contributed by atoms with E-state index in [4.69, 9.17) is 4.74 Å². The van der Waals surface area contributed by atoms with Crippen LogP contribution in [0.1, 0.15) is 35.2 Å². The maximum absolute atomic E-state index is 12.0. The van der Waals surface area contributed by atoms with Gasteiger partial charge in [0.1, 0.15) is 0 Å². The SMILES string of the molecule is COC(=O)Cc1csc(NC(=O)COC(=O)Cc2ccc3c(c2)CCCC3)n1. The summed E-state index contributed by atoms with van der Waals surface area (Å²) in [5.41, 5.74) is 4.08. The summed E-state index contributed by atoms with van der Waals surface area (Å²) in [6.45, 7) is -0.379. The lowest BCUT2D eigenvalue weighted by Gasteiger charge is -2.16. The van der Waals surface area contributed by atoms with Crippen molar-refractivity contribution in [2.45, 2.75) is 38.5 Å². The van der Waals surface area contributed by atoms with Crippen LogP contribution in [0, 0.1) is 0 Å². The molecule has 0 saturated carbocycles. The maximum atomic E-state index is 12.0. The number of nitrogens with one attached hydrogen (secondary N) is 1. The highest BCUT2D eigenvalue weighted by molar-refractivity contribution is 7.13. The van der Waals surface area contributed by atoms with Gasteiger partial charge in [-0.15, -0.1) is 11.3 Å². The summed E-state index contributed by atoms with van der Waals surface area (Å²) in [5, 5.41) is 4.56. The van der Waals surface area contributed by atoms with Gasteiger partial charge in [-0.1, -0.05) is 18.2 Å². The molecular formula is C20H22N2O5S. The number of hydrogen-bond donors (Lipinski definition) is 1. The molecule has 2 aromatic rings. The Labute approximate surface area is 167 Å². The average molecular weight is 402 g/mol. The number of rotatable bonds is 7. The molecule has 0 atom stereocenters. The number of ether oxygens (including phenoxy) is 2. The van der Waals surface area contributed by atoms with E-state index in [2.05, 4.69) is 27.2 Å². The van der Waals surface area contributed by atoms with Crippen LogP contribution in [-0.4, -0.2) is 36.5 Å². The summed E-state index contributed by atoms with van der Waals surface area (Å²) in [4.78, 5) is 39.3. The molecule has 3 rings (SSSR count). The van der Waals surface area contributed by atoms with Crippen molar-refractivity contribution in [3.63, 3.8) is 0 Å². The van der Waals surface area contributed by atoms with Crippen molar-refractivity contribution < 1.29 is 23.9 Å². The number of benzene rings is 1. The van der Waals surface area contributed by atoms with E-state index in [0.717, 1.165) is 18.4 Å². The molecule has 1 aliphatic carbocycles. The van der Waals surface area contributed by atoms with Gasteiger partial charge in [-0.3, -0.25) is 19.7 Å². The average Bonchev–Trinajstić information content (AvgIpc) is 3.12. The molecule has 1 aliphatic rings. The predicted molar refractivity (Wildman–Crippen MR) is 104 cm³/mol. The first-order chi connectivity index (χ1) is 13.5. The molecule has 0 bridgehead atoms. The Kier molecular flexibility index (Phi) is 6.76. The lowest BCUT2D eigenvalue weighted by atomic mass is 9.90. The molecule has 0 fully saturated rings. The number of thiazole rings is 1. The summed E-state index contributed by atoms with van der Waals surface area (Å²) in [5.74, 6) is -1.33. The molecule has 0 spiro atoms. The Morgan fingerprint density at radius 3 is 2.68 bits per heavy atom. The Morgan fingerprint density at radius 1 is 1.11 bits per heavy atom. The van der Waals surface area contributed by atoms with Crippen LogP contribution in [0.4, 0.5) is 5.13 Å². The van der Waals surface area contributed by atoms with Crippen LogP contribution in [-0.2, 0) is 49.5 Å². The smallest absolute Gasteiger partial charge is 0.311 e. The molecule has 8 heteroatoms.